The standard InChI is InChI=1S/C15H17N5O4S/c21-25(22,15-3-2-13(23-15)14-4-6-17-24-14)18-9-11-8-12-10-16-5-1-7-20(12)19-11/h2-4,6,8,16,18H,1,5,7,9-10H2. The Hall–Kier alpha value is -2.43. The van der Waals surface area contributed by atoms with Crippen LogP contribution >= 0.6 is 0 Å². The normalized spacial score (nSPS) is 15.0. The Morgan fingerprint density at radius 1 is 1.28 bits per heavy atom. The lowest BCUT2D eigenvalue weighted by atomic mass is 10.3. The van der Waals surface area contributed by atoms with Gasteiger partial charge in [-0.3, -0.25) is 4.68 Å². The largest absolute Gasteiger partial charge is 0.440 e. The molecule has 0 aromatic carbocycles. The second-order valence-electron chi connectivity index (χ2n) is 5.70. The van der Waals surface area contributed by atoms with E-state index in [-0.39, 0.29) is 11.6 Å². The highest BCUT2D eigenvalue weighted by Crippen LogP contribution is 2.24. The molecule has 132 valence electrons. The van der Waals surface area contributed by atoms with E-state index in [1.807, 2.05) is 10.7 Å². The molecule has 4 heterocycles. The Bertz CT molecular complexity index is 935. The summed E-state index contributed by atoms with van der Waals surface area (Å²) in [7, 11) is -3.78. The smallest absolute Gasteiger partial charge is 0.274 e. The van der Waals surface area contributed by atoms with Crippen molar-refractivity contribution in [1.29, 1.82) is 0 Å². The van der Waals surface area contributed by atoms with Crippen LogP contribution in [0.15, 0.2) is 44.5 Å². The Labute approximate surface area is 144 Å². The van der Waals surface area contributed by atoms with E-state index >= 15 is 0 Å². The zero-order chi connectivity index (χ0) is 17.3. The SMILES string of the molecule is O=S(=O)(NCc1cc2n(n1)CCCNC2)c1ccc(-c2ccno2)o1. The highest BCUT2D eigenvalue weighted by Gasteiger charge is 2.21. The van der Waals surface area contributed by atoms with Gasteiger partial charge in [0.25, 0.3) is 10.0 Å². The van der Waals surface area contributed by atoms with Crippen molar-refractivity contribution in [1.82, 2.24) is 25.0 Å². The van der Waals surface area contributed by atoms with Crippen LogP contribution in [0.1, 0.15) is 17.8 Å². The van der Waals surface area contributed by atoms with Crippen molar-refractivity contribution in [2.24, 2.45) is 0 Å². The number of rotatable bonds is 5. The molecule has 0 amide bonds. The number of aromatic nitrogens is 3. The molecule has 3 aromatic rings. The molecule has 0 saturated heterocycles. The summed E-state index contributed by atoms with van der Waals surface area (Å²) < 4.78 is 39.5. The third-order valence-corrected chi connectivity index (χ3v) is 5.19. The lowest BCUT2D eigenvalue weighted by Gasteiger charge is -2.02. The van der Waals surface area contributed by atoms with Gasteiger partial charge in [0.2, 0.25) is 10.9 Å². The average molecular weight is 363 g/mol. The first-order chi connectivity index (χ1) is 12.1. The van der Waals surface area contributed by atoms with Gasteiger partial charge in [0.1, 0.15) is 0 Å². The highest BCUT2D eigenvalue weighted by molar-refractivity contribution is 7.89. The lowest BCUT2D eigenvalue weighted by Crippen LogP contribution is -2.23. The van der Waals surface area contributed by atoms with Gasteiger partial charge in [0.15, 0.2) is 5.76 Å². The molecule has 4 rings (SSSR count). The Balaban J connectivity index is 1.47. The van der Waals surface area contributed by atoms with Crippen LogP contribution in [-0.2, 0) is 29.7 Å². The number of furan rings is 1. The van der Waals surface area contributed by atoms with E-state index in [0.717, 1.165) is 31.7 Å². The van der Waals surface area contributed by atoms with E-state index in [2.05, 4.69) is 20.3 Å². The van der Waals surface area contributed by atoms with Crippen molar-refractivity contribution in [2.45, 2.75) is 31.1 Å². The van der Waals surface area contributed by atoms with Crippen molar-refractivity contribution < 1.29 is 17.4 Å². The average Bonchev–Trinajstić information content (AvgIpc) is 3.32. The summed E-state index contributed by atoms with van der Waals surface area (Å²) in [5.41, 5.74) is 1.72. The van der Waals surface area contributed by atoms with Crippen LogP contribution in [-0.4, -0.2) is 29.9 Å². The number of hydrogen-bond acceptors (Lipinski definition) is 7. The maximum atomic E-state index is 12.4. The third kappa shape index (κ3) is 3.36. The summed E-state index contributed by atoms with van der Waals surface area (Å²) >= 11 is 0. The van der Waals surface area contributed by atoms with Gasteiger partial charge < -0.3 is 14.3 Å². The van der Waals surface area contributed by atoms with Crippen molar-refractivity contribution in [2.75, 3.05) is 6.54 Å². The molecule has 1 aliphatic heterocycles. The Morgan fingerprint density at radius 3 is 3.04 bits per heavy atom. The molecule has 3 aromatic heterocycles. The van der Waals surface area contributed by atoms with Crippen LogP contribution in [0.2, 0.25) is 0 Å². The van der Waals surface area contributed by atoms with Crippen LogP contribution in [0.3, 0.4) is 0 Å². The molecule has 9 nitrogen and oxygen atoms in total. The summed E-state index contributed by atoms with van der Waals surface area (Å²) in [5.74, 6) is 0.671. The van der Waals surface area contributed by atoms with Gasteiger partial charge in [-0.25, -0.2) is 13.1 Å². The summed E-state index contributed by atoms with van der Waals surface area (Å²) in [6.45, 7) is 2.62. The molecule has 25 heavy (non-hydrogen) atoms. The van der Waals surface area contributed by atoms with E-state index in [9.17, 15) is 8.42 Å². The maximum Gasteiger partial charge on any atom is 0.274 e. The third-order valence-electron chi connectivity index (χ3n) is 3.91. The first-order valence-electron chi connectivity index (χ1n) is 7.89. The lowest BCUT2D eigenvalue weighted by molar-refractivity contribution is 0.400. The van der Waals surface area contributed by atoms with Crippen molar-refractivity contribution in [3.05, 3.63) is 41.9 Å². The molecule has 0 radical (unpaired) electrons. The van der Waals surface area contributed by atoms with Crippen LogP contribution in [0, 0.1) is 0 Å². The number of hydrogen-bond donors (Lipinski definition) is 2. The van der Waals surface area contributed by atoms with Crippen LogP contribution in [0.25, 0.3) is 11.5 Å². The number of fused-ring (bicyclic) bond motifs is 1. The molecule has 0 aliphatic carbocycles. The quantitative estimate of drug-likeness (QED) is 0.697. The second-order valence-corrected chi connectivity index (χ2v) is 7.40. The van der Waals surface area contributed by atoms with Crippen molar-refractivity contribution >= 4 is 10.0 Å². The number of nitrogens with zero attached hydrogens (tertiary/aromatic N) is 3. The molecule has 0 spiro atoms. The molecule has 0 bridgehead atoms. The number of aryl methyl sites for hydroxylation is 1. The predicted octanol–water partition coefficient (Wildman–Crippen LogP) is 1.10. The number of nitrogens with one attached hydrogen (secondary N) is 2. The van der Waals surface area contributed by atoms with Gasteiger partial charge in [0, 0.05) is 19.2 Å². The van der Waals surface area contributed by atoms with Crippen molar-refractivity contribution in [3.8, 4) is 11.5 Å². The zero-order valence-corrected chi connectivity index (χ0v) is 14.1. The summed E-state index contributed by atoms with van der Waals surface area (Å²) in [4.78, 5) is 0. The summed E-state index contributed by atoms with van der Waals surface area (Å²) in [6, 6.07) is 6.41. The monoisotopic (exact) mass is 363 g/mol. The molecular weight excluding hydrogens is 346 g/mol. The molecule has 10 heteroatoms. The van der Waals surface area contributed by atoms with E-state index in [1.54, 1.807) is 6.07 Å². The van der Waals surface area contributed by atoms with Gasteiger partial charge in [-0.15, -0.1) is 0 Å². The van der Waals surface area contributed by atoms with Crippen LogP contribution in [0.5, 0.6) is 0 Å². The fourth-order valence-corrected chi connectivity index (χ4v) is 3.61. The summed E-state index contributed by atoms with van der Waals surface area (Å²) in [6.07, 6.45) is 2.46. The topological polar surface area (TPSA) is 115 Å². The first kappa shape index (κ1) is 16.1. The minimum Gasteiger partial charge on any atom is -0.440 e. The van der Waals surface area contributed by atoms with E-state index < -0.39 is 10.0 Å². The fourth-order valence-electron chi connectivity index (χ4n) is 2.69. The molecular formula is C15H17N5O4S. The van der Waals surface area contributed by atoms with Crippen LogP contribution in [0.4, 0.5) is 0 Å². The molecule has 0 atom stereocenters. The Morgan fingerprint density at radius 2 is 2.20 bits per heavy atom. The van der Waals surface area contributed by atoms with Gasteiger partial charge in [-0.05, 0) is 31.2 Å². The number of sulfonamides is 1. The van der Waals surface area contributed by atoms with E-state index in [4.69, 9.17) is 8.94 Å². The van der Waals surface area contributed by atoms with E-state index in [1.165, 1.54) is 18.3 Å². The predicted molar refractivity (Wildman–Crippen MR) is 86.8 cm³/mol. The zero-order valence-electron chi connectivity index (χ0n) is 13.3. The first-order valence-corrected chi connectivity index (χ1v) is 9.37. The Kier molecular flexibility index (Phi) is 4.15. The fraction of sp³-hybridized carbons (Fsp3) is 0.333. The molecule has 0 fully saturated rings. The van der Waals surface area contributed by atoms with Gasteiger partial charge in [0.05, 0.1) is 24.1 Å². The second kappa shape index (κ2) is 6.47. The van der Waals surface area contributed by atoms with Gasteiger partial charge >= 0.3 is 0 Å². The molecule has 1 aliphatic rings. The summed E-state index contributed by atoms with van der Waals surface area (Å²) in [5, 5.41) is 11.1. The van der Waals surface area contributed by atoms with Gasteiger partial charge in [-0.2, -0.15) is 5.10 Å². The van der Waals surface area contributed by atoms with Gasteiger partial charge in [-0.1, -0.05) is 5.16 Å². The highest BCUT2D eigenvalue weighted by atomic mass is 32.2. The minimum absolute atomic E-state index is 0.0979. The molecule has 0 unspecified atom stereocenters. The maximum absolute atomic E-state index is 12.4. The molecule has 0 saturated carbocycles. The van der Waals surface area contributed by atoms with Crippen LogP contribution < -0.4 is 10.0 Å². The van der Waals surface area contributed by atoms with E-state index in [0.29, 0.717) is 17.2 Å². The molecule has 2 N–H and O–H groups in total. The minimum atomic E-state index is -3.78. The van der Waals surface area contributed by atoms with Crippen molar-refractivity contribution in [3.63, 3.8) is 0 Å².